The number of rotatable bonds is 11. The second kappa shape index (κ2) is 11.3. The van der Waals surface area contributed by atoms with Gasteiger partial charge in [-0.05, 0) is 37.2 Å². The fraction of sp³-hybridized carbons (Fsp3) is 0.609. The molecule has 3 rings (SSSR count). The number of urea groups is 1. The first-order valence-electron chi connectivity index (χ1n) is 11.6. The molecule has 10 nitrogen and oxygen atoms in total. The summed E-state index contributed by atoms with van der Waals surface area (Å²) in [7, 11) is 1.63. The number of amides is 3. The van der Waals surface area contributed by atoms with Gasteiger partial charge in [0.25, 0.3) is 5.91 Å². The number of nitrogens with one attached hydrogen (secondary N) is 2. The van der Waals surface area contributed by atoms with Crippen LogP contribution in [0.3, 0.4) is 0 Å². The number of carbonyl (C=O) groups is 2. The summed E-state index contributed by atoms with van der Waals surface area (Å²) in [4.78, 5) is 34.9. The van der Waals surface area contributed by atoms with Crippen molar-refractivity contribution in [2.75, 3.05) is 46.4 Å². The van der Waals surface area contributed by atoms with Crippen LogP contribution in [0.4, 0.5) is 4.79 Å². The minimum Gasteiger partial charge on any atom is -0.491 e. The molecule has 2 saturated heterocycles. The zero-order valence-corrected chi connectivity index (χ0v) is 20.0. The highest BCUT2D eigenvalue weighted by Gasteiger charge is 2.50. The average molecular weight is 461 g/mol. The summed E-state index contributed by atoms with van der Waals surface area (Å²) in [5.74, 6) is 0.769. The zero-order chi connectivity index (χ0) is 24.0. The Kier molecular flexibility index (Phi) is 8.51. The molecule has 3 amide bonds. The van der Waals surface area contributed by atoms with E-state index >= 15 is 0 Å². The summed E-state index contributed by atoms with van der Waals surface area (Å²) >= 11 is 0. The number of hydrogen-bond donors (Lipinski definition) is 3. The lowest BCUT2D eigenvalue weighted by atomic mass is 10.1. The largest absolute Gasteiger partial charge is 0.491 e. The quantitative estimate of drug-likeness (QED) is 0.440. The Balaban J connectivity index is 1.69. The third-order valence-electron chi connectivity index (χ3n) is 6.17. The SMILES string of the molecule is CCc1ccc(OCC(O)CN2C(=NCCN(CC)CC)NC3C2C(=O)NC(=O)N3C)cc1. The lowest BCUT2D eigenvalue weighted by Gasteiger charge is -2.35. The van der Waals surface area contributed by atoms with E-state index in [9.17, 15) is 14.7 Å². The Morgan fingerprint density at radius 2 is 1.88 bits per heavy atom. The molecule has 3 N–H and O–H groups in total. The van der Waals surface area contributed by atoms with Gasteiger partial charge in [0.2, 0.25) is 0 Å². The van der Waals surface area contributed by atoms with Gasteiger partial charge < -0.3 is 29.9 Å². The van der Waals surface area contributed by atoms with Crippen LogP contribution in [-0.4, -0.2) is 102 Å². The Bertz CT molecular complexity index is 842. The summed E-state index contributed by atoms with van der Waals surface area (Å²) in [5.41, 5.74) is 1.21. The van der Waals surface area contributed by atoms with E-state index in [1.165, 1.54) is 10.5 Å². The average Bonchev–Trinajstić information content (AvgIpc) is 3.18. The van der Waals surface area contributed by atoms with Crippen LogP contribution in [0.1, 0.15) is 26.3 Å². The van der Waals surface area contributed by atoms with Gasteiger partial charge in [-0.3, -0.25) is 15.1 Å². The number of β-amino-alcohol motifs (C(OH)–C–C–N with tert-alkyl or cyclic N) is 1. The van der Waals surface area contributed by atoms with Crippen molar-refractivity contribution in [1.29, 1.82) is 0 Å². The van der Waals surface area contributed by atoms with E-state index in [2.05, 4.69) is 41.3 Å². The van der Waals surface area contributed by atoms with Crippen LogP contribution in [-0.2, 0) is 11.2 Å². The van der Waals surface area contributed by atoms with Crippen LogP contribution < -0.4 is 15.4 Å². The standard InChI is InChI=1S/C23H36N6O4/c1-5-16-8-10-18(11-9-16)33-15-17(30)14-29-19-20(27(4)23(32)26-21(19)31)25-22(29)24-12-13-28(6-2)7-3/h8-11,17,19-20,30H,5-7,12-15H2,1-4H3,(H,24,25)(H,26,31,32). The van der Waals surface area contributed by atoms with Crippen molar-refractivity contribution in [3.63, 3.8) is 0 Å². The molecule has 182 valence electrons. The van der Waals surface area contributed by atoms with Crippen LogP contribution in [0.5, 0.6) is 5.75 Å². The Morgan fingerprint density at radius 3 is 2.52 bits per heavy atom. The first kappa shape index (κ1) is 24.8. The highest BCUT2D eigenvalue weighted by atomic mass is 16.5. The molecule has 0 aliphatic carbocycles. The maximum Gasteiger partial charge on any atom is 0.325 e. The van der Waals surface area contributed by atoms with Gasteiger partial charge in [-0.15, -0.1) is 0 Å². The third kappa shape index (κ3) is 5.94. The van der Waals surface area contributed by atoms with Gasteiger partial charge >= 0.3 is 6.03 Å². The normalized spacial score (nSPS) is 22.4. The summed E-state index contributed by atoms with van der Waals surface area (Å²) in [6.07, 6.45) is -0.462. The van der Waals surface area contributed by atoms with Crippen LogP contribution in [0.15, 0.2) is 29.3 Å². The number of aryl methyl sites for hydroxylation is 1. The van der Waals surface area contributed by atoms with Gasteiger partial charge in [0.1, 0.15) is 24.6 Å². The number of likely N-dealkylation sites (N-methyl/N-ethyl adjacent to an activating group) is 2. The molecule has 0 radical (unpaired) electrons. The lowest BCUT2D eigenvalue weighted by molar-refractivity contribution is -0.127. The van der Waals surface area contributed by atoms with Crippen molar-refractivity contribution in [3.05, 3.63) is 29.8 Å². The van der Waals surface area contributed by atoms with E-state index in [0.717, 1.165) is 26.1 Å². The van der Waals surface area contributed by atoms with Gasteiger partial charge in [0.15, 0.2) is 12.0 Å². The molecule has 33 heavy (non-hydrogen) atoms. The number of hydrogen-bond acceptors (Lipinski definition) is 6. The van der Waals surface area contributed by atoms with Crippen LogP contribution in [0.25, 0.3) is 0 Å². The molecular weight excluding hydrogens is 424 g/mol. The van der Waals surface area contributed by atoms with E-state index in [0.29, 0.717) is 18.3 Å². The Labute approximate surface area is 195 Å². The third-order valence-corrected chi connectivity index (χ3v) is 6.17. The van der Waals surface area contributed by atoms with E-state index < -0.39 is 30.2 Å². The number of ether oxygens (including phenoxy) is 1. The molecule has 0 bridgehead atoms. The molecule has 0 spiro atoms. The van der Waals surface area contributed by atoms with Crippen molar-refractivity contribution < 1.29 is 19.4 Å². The molecule has 10 heteroatoms. The number of guanidine groups is 1. The number of carbonyl (C=O) groups excluding carboxylic acids is 2. The zero-order valence-electron chi connectivity index (χ0n) is 20.0. The molecule has 0 saturated carbocycles. The van der Waals surface area contributed by atoms with Crippen molar-refractivity contribution >= 4 is 17.9 Å². The molecule has 2 heterocycles. The van der Waals surface area contributed by atoms with Crippen molar-refractivity contribution in [2.45, 2.75) is 45.5 Å². The minimum absolute atomic E-state index is 0.0719. The van der Waals surface area contributed by atoms with Crippen LogP contribution in [0, 0.1) is 0 Å². The number of aliphatic imine (C=N–C) groups is 1. The highest BCUT2D eigenvalue weighted by Crippen LogP contribution is 2.21. The minimum atomic E-state index is -0.861. The first-order valence-corrected chi connectivity index (χ1v) is 11.6. The number of benzene rings is 1. The van der Waals surface area contributed by atoms with E-state index in [1.54, 1.807) is 11.9 Å². The van der Waals surface area contributed by atoms with E-state index in [-0.39, 0.29) is 13.2 Å². The number of nitrogens with zero attached hydrogens (tertiary/aromatic N) is 4. The Morgan fingerprint density at radius 1 is 1.18 bits per heavy atom. The monoisotopic (exact) mass is 460 g/mol. The second-order valence-corrected chi connectivity index (χ2v) is 8.29. The number of fused-ring (bicyclic) bond motifs is 1. The summed E-state index contributed by atoms with van der Waals surface area (Å²) in [6, 6.07) is 6.62. The van der Waals surface area contributed by atoms with E-state index in [4.69, 9.17) is 4.74 Å². The van der Waals surface area contributed by atoms with Gasteiger partial charge in [0, 0.05) is 13.6 Å². The summed E-state index contributed by atoms with van der Waals surface area (Å²) in [5, 5.41) is 16.3. The summed E-state index contributed by atoms with van der Waals surface area (Å²) < 4.78 is 5.75. The highest BCUT2D eigenvalue weighted by molar-refractivity contribution is 6.04. The molecule has 2 fully saturated rings. The lowest BCUT2D eigenvalue weighted by Crippen LogP contribution is -2.65. The molecule has 1 aromatic rings. The number of aliphatic hydroxyl groups excluding tert-OH is 1. The number of aliphatic hydroxyl groups is 1. The predicted octanol–water partition coefficient (Wildman–Crippen LogP) is 0.468. The topological polar surface area (TPSA) is 110 Å². The maximum absolute atomic E-state index is 12.7. The van der Waals surface area contributed by atoms with Gasteiger partial charge in [-0.2, -0.15) is 0 Å². The molecule has 2 aliphatic heterocycles. The second-order valence-electron chi connectivity index (χ2n) is 8.29. The van der Waals surface area contributed by atoms with Crippen LogP contribution in [0.2, 0.25) is 0 Å². The van der Waals surface area contributed by atoms with Gasteiger partial charge in [-0.1, -0.05) is 32.9 Å². The fourth-order valence-electron chi connectivity index (χ4n) is 4.05. The first-order chi connectivity index (χ1) is 15.9. The number of imide groups is 1. The molecule has 0 aromatic heterocycles. The van der Waals surface area contributed by atoms with E-state index in [1.807, 2.05) is 24.3 Å². The maximum atomic E-state index is 12.7. The fourth-order valence-corrected chi connectivity index (χ4v) is 4.05. The molecular formula is C23H36N6O4. The van der Waals surface area contributed by atoms with Crippen LogP contribution >= 0.6 is 0 Å². The van der Waals surface area contributed by atoms with Crippen molar-refractivity contribution in [3.8, 4) is 5.75 Å². The smallest absolute Gasteiger partial charge is 0.325 e. The van der Waals surface area contributed by atoms with Gasteiger partial charge in [0.05, 0.1) is 13.1 Å². The van der Waals surface area contributed by atoms with Crippen molar-refractivity contribution in [2.24, 2.45) is 4.99 Å². The van der Waals surface area contributed by atoms with Gasteiger partial charge in [-0.25, -0.2) is 4.79 Å². The Hall–Kier alpha value is -2.85. The predicted molar refractivity (Wildman–Crippen MR) is 126 cm³/mol. The molecule has 1 aromatic carbocycles. The molecule has 2 aliphatic rings. The molecule has 3 unspecified atom stereocenters. The molecule has 3 atom stereocenters. The summed E-state index contributed by atoms with van der Waals surface area (Å²) in [6.45, 7) is 9.67. The van der Waals surface area contributed by atoms with Crippen molar-refractivity contribution in [1.82, 2.24) is 25.3 Å².